The van der Waals surface area contributed by atoms with E-state index in [4.69, 9.17) is 4.74 Å². The molecule has 0 spiro atoms. The molecule has 2 rings (SSSR count). The zero-order valence-electron chi connectivity index (χ0n) is 10.6. The molecule has 2 atom stereocenters. The van der Waals surface area contributed by atoms with E-state index >= 15 is 0 Å². The number of aryl methyl sites for hydroxylation is 1. The normalized spacial score (nSPS) is 23.8. The Morgan fingerprint density at radius 1 is 1.67 bits per heavy atom. The van der Waals surface area contributed by atoms with Gasteiger partial charge < -0.3 is 15.4 Å². The molecule has 0 unspecified atom stereocenters. The lowest BCUT2D eigenvalue weighted by Gasteiger charge is -2.31. The Morgan fingerprint density at radius 3 is 3.28 bits per heavy atom. The molecule has 1 aliphatic rings. The number of carbonyl (C=O) groups excluding carboxylic acids is 1. The lowest BCUT2D eigenvalue weighted by molar-refractivity contribution is -0.123. The molecule has 0 bridgehead atoms. The number of amides is 1. The summed E-state index contributed by atoms with van der Waals surface area (Å²) in [4.78, 5) is 11.8. The predicted molar refractivity (Wildman–Crippen MR) is 67.1 cm³/mol. The zero-order chi connectivity index (χ0) is 12.8. The van der Waals surface area contributed by atoms with Crippen molar-refractivity contribution < 1.29 is 9.53 Å². The molecular formula is C12H20N4O2. The number of hydrogen-bond acceptors (Lipinski definition) is 4. The fourth-order valence-electron chi connectivity index (χ4n) is 2.21. The standard InChI is InChI=1S/C12H20N4O2/c1-18-11-4-5-13-8-10(11)16-12(17)3-2-9-6-14-15-7-9/h6-7,10-11,13H,2-5,8H2,1H3,(H,14,15)(H,16,17)/t10-,11+/m0/s1. The van der Waals surface area contributed by atoms with Crippen LogP contribution in [0.2, 0.25) is 0 Å². The lowest BCUT2D eigenvalue weighted by atomic mass is 10.0. The number of nitrogens with one attached hydrogen (secondary N) is 3. The number of hydrogen-bond donors (Lipinski definition) is 3. The molecule has 6 heteroatoms. The zero-order valence-corrected chi connectivity index (χ0v) is 10.6. The molecule has 1 aromatic heterocycles. The van der Waals surface area contributed by atoms with Crippen LogP contribution in [0.4, 0.5) is 0 Å². The van der Waals surface area contributed by atoms with Crippen LogP contribution in [0.25, 0.3) is 0 Å². The minimum absolute atomic E-state index is 0.0620. The van der Waals surface area contributed by atoms with Gasteiger partial charge in [-0.3, -0.25) is 9.89 Å². The number of rotatable bonds is 5. The molecule has 6 nitrogen and oxygen atoms in total. The first-order chi connectivity index (χ1) is 8.79. The van der Waals surface area contributed by atoms with Crippen LogP contribution in [-0.4, -0.2) is 48.4 Å². The van der Waals surface area contributed by atoms with Crippen LogP contribution < -0.4 is 10.6 Å². The predicted octanol–water partition coefficient (Wildman–Crippen LogP) is -0.165. The third-order valence-corrected chi connectivity index (χ3v) is 3.26. The number of nitrogens with zero attached hydrogens (tertiary/aromatic N) is 1. The molecule has 2 heterocycles. The van der Waals surface area contributed by atoms with Gasteiger partial charge in [0.2, 0.25) is 5.91 Å². The van der Waals surface area contributed by atoms with Crippen molar-refractivity contribution in [3.8, 4) is 0 Å². The van der Waals surface area contributed by atoms with Crippen LogP contribution in [0.1, 0.15) is 18.4 Å². The molecular weight excluding hydrogens is 232 g/mol. The second-order valence-electron chi connectivity index (χ2n) is 4.55. The van der Waals surface area contributed by atoms with Gasteiger partial charge in [0.15, 0.2) is 0 Å². The summed E-state index contributed by atoms with van der Waals surface area (Å²) in [7, 11) is 1.70. The number of aromatic amines is 1. The maximum atomic E-state index is 11.8. The molecule has 0 radical (unpaired) electrons. The average Bonchev–Trinajstić information content (AvgIpc) is 2.90. The van der Waals surface area contributed by atoms with Crippen LogP contribution in [0.15, 0.2) is 12.4 Å². The van der Waals surface area contributed by atoms with Crippen LogP contribution in [0.5, 0.6) is 0 Å². The van der Waals surface area contributed by atoms with Crippen LogP contribution in [0.3, 0.4) is 0 Å². The van der Waals surface area contributed by atoms with Gasteiger partial charge in [0.1, 0.15) is 0 Å². The SMILES string of the molecule is CO[C@@H]1CCNC[C@@H]1NC(=O)CCc1cn[nH]c1. The van der Waals surface area contributed by atoms with E-state index < -0.39 is 0 Å². The summed E-state index contributed by atoms with van der Waals surface area (Å²) < 4.78 is 5.39. The van der Waals surface area contributed by atoms with Crippen LogP contribution >= 0.6 is 0 Å². The third-order valence-electron chi connectivity index (χ3n) is 3.26. The van der Waals surface area contributed by atoms with Gasteiger partial charge in [-0.25, -0.2) is 0 Å². The molecule has 100 valence electrons. The Labute approximate surface area is 106 Å². The Morgan fingerprint density at radius 2 is 2.56 bits per heavy atom. The van der Waals surface area contributed by atoms with Crippen molar-refractivity contribution in [2.24, 2.45) is 0 Å². The highest BCUT2D eigenvalue weighted by Gasteiger charge is 2.25. The molecule has 3 N–H and O–H groups in total. The van der Waals surface area contributed by atoms with Gasteiger partial charge in [-0.15, -0.1) is 0 Å². The number of piperidine rings is 1. The van der Waals surface area contributed by atoms with E-state index in [0.29, 0.717) is 12.8 Å². The molecule has 1 saturated heterocycles. The largest absolute Gasteiger partial charge is 0.379 e. The van der Waals surface area contributed by atoms with E-state index in [2.05, 4.69) is 20.8 Å². The fourth-order valence-corrected chi connectivity index (χ4v) is 2.21. The van der Waals surface area contributed by atoms with E-state index in [0.717, 1.165) is 25.1 Å². The van der Waals surface area contributed by atoms with Gasteiger partial charge in [0.25, 0.3) is 0 Å². The molecule has 1 aromatic rings. The minimum Gasteiger partial charge on any atom is -0.379 e. The summed E-state index contributed by atoms with van der Waals surface area (Å²) in [6.45, 7) is 1.72. The third kappa shape index (κ3) is 3.54. The Bertz CT molecular complexity index is 366. The number of ether oxygens (including phenoxy) is 1. The molecule has 0 aliphatic carbocycles. The van der Waals surface area contributed by atoms with Crippen molar-refractivity contribution in [3.63, 3.8) is 0 Å². The first kappa shape index (κ1) is 13.0. The highest BCUT2D eigenvalue weighted by Crippen LogP contribution is 2.08. The van der Waals surface area contributed by atoms with E-state index in [1.165, 1.54) is 0 Å². The van der Waals surface area contributed by atoms with Gasteiger partial charge in [-0.05, 0) is 24.9 Å². The summed E-state index contributed by atoms with van der Waals surface area (Å²) in [5.41, 5.74) is 1.05. The molecule has 0 saturated carbocycles. The Balaban J connectivity index is 1.75. The lowest BCUT2D eigenvalue weighted by Crippen LogP contribution is -2.54. The van der Waals surface area contributed by atoms with Crippen LogP contribution in [-0.2, 0) is 16.0 Å². The molecule has 0 aromatic carbocycles. The molecule has 1 aliphatic heterocycles. The summed E-state index contributed by atoms with van der Waals surface area (Å²) in [6.07, 6.45) is 5.79. The van der Waals surface area contributed by atoms with Crippen molar-refractivity contribution in [2.45, 2.75) is 31.4 Å². The van der Waals surface area contributed by atoms with Crippen molar-refractivity contribution in [1.29, 1.82) is 0 Å². The van der Waals surface area contributed by atoms with Gasteiger partial charge in [-0.2, -0.15) is 5.10 Å². The Kier molecular flexibility index (Phi) is 4.72. The minimum atomic E-state index is 0.0620. The summed E-state index contributed by atoms with van der Waals surface area (Å²) in [6, 6.07) is 0.0700. The highest BCUT2D eigenvalue weighted by atomic mass is 16.5. The fraction of sp³-hybridized carbons (Fsp3) is 0.667. The number of H-pyrrole nitrogens is 1. The maximum Gasteiger partial charge on any atom is 0.220 e. The quantitative estimate of drug-likeness (QED) is 0.680. The second kappa shape index (κ2) is 6.51. The van der Waals surface area contributed by atoms with Crippen molar-refractivity contribution in [3.05, 3.63) is 18.0 Å². The Hall–Kier alpha value is -1.40. The smallest absolute Gasteiger partial charge is 0.220 e. The van der Waals surface area contributed by atoms with E-state index in [-0.39, 0.29) is 18.1 Å². The summed E-state index contributed by atoms with van der Waals surface area (Å²) in [5.74, 6) is 0.0620. The van der Waals surface area contributed by atoms with Gasteiger partial charge >= 0.3 is 0 Å². The highest BCUT2D eigenvalue weighted by molar-refractivity contribution is 5.76. The van der Waals surface area contributed by atoms with Crippen molar-refractivity contribution >= 4 is 5.91 Å². The second-order valence-corrected chi connectivity index (χ2v) is 4.55. The average molecular weight is 252 g/mol. The van der Waals surface area contributed by atoms with Crippen molar-refractivity contribution in [2.75, 3.05) is 20.2 Å². The first-order valence-electron chi connectivity index (χ1n) is 6.30. The molecule has 1 fully saturated rings. The van der Waals surface area contributed by atoms with E-state index in [9.17, 15) is 4.79 Å². The topological polar surface area (TPSA) is 79.0 Å². The number of carbonyl (C=O) groups is 1. The summed E-state index contributed by atoms with van der Waals surface area (Å²) >= 11 is 0. The van der Waals surface area contributed by atoms with Gasteiger partial charge in [-0.1, -0.05) is 0 Å². The summed E-state index contributed by atoms with van der Waals surface area (Å²) in [5, 5.41) is 12.9. The van der Waals surface area contributed by atoms with E-state index in [1.807, 2.05) is 6.20 Å². The van der Waals surface area contributed by atoms with Crippen LogP contribution in [0, 0.1) is 0 Å². The number of aromatic nitrogens is 2. The first-order valence-corrected chi connectivity index (χ1v) is 6.30. The maximum absolute atomic E-state index is 11.8. The molecule has 1 amide bonds. The van der Waals surface area contributed by atoms with Gasteiger partial charge in [0, 0.05) is 26.3 Å². The van der Waals surface area contributed by atoms with E-state index in [1.54, 1.807) is 13.3 Å². The molecule has 18 heavy (non-hydrogen) atoms. The monoisotopic (exact) mass is 252 g/mol. The van der Waals surface area contributed by atoms with Crippen molar-refractivity contribution in [1.82, 2.24) is 20.8 Å². The number of methoxy groups -OCH3 is 1. The van der Waals surface area contributed by atoms with Gasteiger partial charge in [0.05, 0.1) is 18.3 Å².